The molecule has 0 aliphatic heterocycles. The van der Waals surface area contributed by atoms with Crippen LogP contribution in [0.3, 0.4) is 0 Å². The van der Waals surface area contributed by atoms with Crippen LogP contribution in [0.4, 0.5) is 5.69 Å². The molecular weight excluding hydrogens is 304 g/mol. The van der Waals surface area contributed by atoms with Crippen molar-refractivity contribution in [2.45, 2.75) is 37.6 Å². The molecule has 1 aromatic carbocycles. The summed E-state index contributed by atoms with van der Waals surface area (Å²) in [6.45, 7) is 6.76. The van der Waals surface area contributed by atoms with E-state index < -0.39 is 10.0 Å². The van der Waals surface area contributed by atoms with Crippen LogP contribution in [0.15, 0.2) is 39.9 Å². The maximum atomic E-state index is 12.3. The minimum atomic E-state index is -3.50. The molecule has 0 aliphatic carbocycles. The molecule has 2 N–H and O–H groups in total. The first kappa shape index (κ1) is 16.0. The van der Waals surface area contributed by atoms with Gasteiger partial charge in [-0.05, 0) is 36.1 Å². The highest BCUT2D eigenvalue weighted by Crippen LogP contribution is 2.23. The van der Waals surface area contributed by atoms with Crippen LogP contribution in [-0.2, 0) is 16.6 Å². The largest absolute Gasteiger partial charge is 0.310 e. The normalized spacial score (nSPS) is 11.8. The monoisotopic (exact) mass is 324 g/mol. The maximum Gasteiger partial charge on any atom is 0.271 e. The van der Waals surface area contributed by atoms with Gasteiger partial charge in [0.2, 0.25) is 0 Å². The smallest absolute Gasteiger partial charge is 0.271 e. The van der Waals surface area contributed by atoms with E-state index in [0.29, 0.717) is 22.5 Å². The molecule has 0 radical (unpaired) electrons. The van der Waals surface area contributed by atoms with Crippen LogP contribution >= 0.6 is 11.3 Å². The SMILES string of the molecule is Cc1ccc(NS(=O)(=O)c2cc(CNC(C)C)cs2)cc1. The lowest BCUT2D eigenvalue weighted by molar-refractivity contribution is 0.589. The first-order valence-electron chi connectivity index (χ1n) is 6.77. The first-order chi connectivity index (χ1) is 9.87. The molecule has 0 bridgehead atoms. The molecule has 2 rings (SSSR count). The van der Waals surface area contributed by atoms with E-state index in [2.05, 4.69) is 23.9 Å². The van der Waals surface area contributed by atoms with Gasteiger partial charge in [0.15, 0.2) is 0 Å². The quantitative estimate of drug-likeness (QED) is 0.856. The molecule has 1 aromatic heterocycles. The Labute approximate surface area is 130 Å². The molecule has 0 amide bonds. The molecule has 0 aliphatic rings. The van der Waals surface area contributed by atoms with Gasteiger partial charge in [0.05, 0.1) is 0 Å². The zero-order valence-corrected chi connectivity index (χ0v) is 14.0. The zero-order chi connectivity index (χ0) is 15.5. The van der Waals surface area contributed by atoms with Crippen molar-refractivity contribution in [3.63, 3.8) is 0 Å². The third-order valence-corrected chi connectivity index (χ3v) is 5.78. The van der Waals surface area contributed by atoms with Crippen molar-refractivity contribution in [1.29, 1.82) is 0 Å². The lowest BCUT2D eigenvalue weighted by Gasteiger charge is -2.07. The molecule has 4 nitrogen and oxygen atoms in total. The Morgan fingerprint density at radius 3 is 2.48 bits per heavy atom. The van der Waals surface area contributed by atoms with Crippen molar-refractivity contribution in [3.8, 4) is 0 Å². The minimum absolute atomic E-state index is 0.337. The Morgan fingerprint density at radius 1 is 1.19 bits per heavy atom. The van der Waals surface area contributed by atoms with Crippen molar-refractivity contribution >= 4 is 27.0 Å². The summed E-state index contributed by atoms with van der Waals surface area (Å²) in [6.07, 6.45) is 0. The van der Waals surface area contributed by atoms with Crippen molar-refractivity contribution < 1.29 is 8.42 Å². The number of hydrogen-bond donors (Lipinski definition) is 2. The predicted molar refractivity (Wildman–Crippen MR) is 88.3 cm³/mol. The minimum Gasteiger partial charge on any atom is -0.310 e. The van der Waals surface area contributed by atoms with Gasteiger partial charge in [-0.3, -0.25) is 4.72 Å². The van der Waals surface area contributed by atoms with Gasteiger partial charge in [-0.25, -0.2) is 8.42 Å². The molecule has 0 saturated heterocycles. The standard InChI is InChI=1S/C15H20N2O2S2/c1-11(2)16-9-13-8-15(20-10-13)21(18,19)17-14-6-4-12(3)5-7-14/h4-8,10-11,16-17H,9H2,1-3H3. The second-order valence-electron chi connectivity index (χ2n) is 5.28. The topological polar surface area (TPSA) is 58.2 Å². The fourth-order valence-corrected chi connectivity index (χ4v) is 4.00. The van der Waals surface area contributed by atoms with Crippen LogP contribution in [0.5, 0.6) is 0 Å². The number of aryl methyl sites for hydroxylation is 1. The van der Waals surface area contributed by atoms with Gasteiger partial charge in [-0.1, -0.05) is 31.5 Å². The Balaban J connectivity index is 2.10. The van der Waals surface area contributed by atoms with Gasteiger partial charge in [0, 0.05) is 18.3 Å². The van der Waals surface area contributed by atoms with Crippen LogP contribution in [-0.4, -0.2) is 14.5 Å². The molecule has 6 heteroatoms. The molecule has 2 aromatic rings. The Bertz CT molecular complexity index is 689. The second-order valence-corrected chi connectivity index (χ2v) is 8.10. The number of rotatable bonds is 6. The average molecular weight is 324 g/mol. The second kappa shape index (κ2) is 6.60. The molecule has 0 unspecified atom stereocenters. The lowest BCUT2D eigenvalue weighted by atomic mass is 10.2. The zero-order valence-electron chi connectivity index (χ0n) is 12.4. The highest BCUT2D eigenvalue weighted by molar-refractivity contribution is 7.94. The summed E-state index contributed by atoms with van der Waals surface area (Å²) in [5, 5.41) is 5.15. The van der Waals surface area contributed by atoms with E-state index in [-0.39, 0.29) is 0 Å². The molecule has 0 spiro atoms. The van der Waals surface area contributed by atoms with Gasteiger partial charge in [0.25, 0.3) is 10.0 Å². The number of thiophene rings is 1. The number of hydrogen-bond acceptors (Lipinski definition) is 4. The van der Waals surface area contributed by atoms with E-state index in [1.807, 2.05) is 24.4 Å². The van der Waals surface area contributed by atoms with Gasteiger partial charge in [-0.15, -0.1) is 11.3 Å². The number of anilines is 1. The number of nitrogens with one attached hydrogen (secondary N) is 2. The van der Waals surface area contributed by atoms with Gasteiger partial charge >= 0.3 is 0 Å². The van der Waals surface area contributed by atoms with Gasteiger partial charge in [0.1, 0.15) is 4.21 Å². The Morgan fingerprint density at radius 2 is 1.86 bits per heavy atom. The molecule has 0 saturated carbocycles. The van der Waals surface area contributed by atoms with E-state index >= 15 is 0 Å². The number of sulfonamides is 1. The third kappa shape index (κ3) is 4.56. The predicted octanol–water partition coefficient (Wildman–Crippen LogP) is 3.36. The molecule has 114 valence electrons. The lowest BCUT2D eigenvalue weighted by Crippen LogP contribution is -2.21. The van der Waals surface area contributed by atoms with Crippen molar-refractivity contribution in [1.82, 2.24) is 5.32 Å². The molecule has 21 heavy (non-hydrogen) atoms. The van der Waals surface area contributed by atoms with Crippen LogP contribution in [0.25, 0.3) is 0 Å². The van der Waals surface area contributed by atoms with E-state index in [4.69, 9.17) is 0 Å². The summed E-state index contributed by atoms with van der Waals surface area (Å²) in [5.41, 5.74) is 2.66. The number of benzene rings is 1. The van der Waals surface area contributed by atoms with E-state index in [1.165, 1.54) is 11.3 Å². The Kier molecular flexibility index (Phi) is 5.03. The summed E-state index contributed by atoms with van der Waals surface area (Å²) in [6, 6.07) is 9.38. The highest BCUT2D eigenvalue weighted by Gasteiger charge is 2.16. The van der Waals surface area contributed by atoms with E-state index in [9.17, 15) is 8.42 Å². The van der Waals surface area contributed by atoms with E-state index in [1.54, 1.807) is 18.2 Å². The van der Waals surface area contributed by atoms with E-state index in [0.717, 1.165) is 11.1 Å². The molecular formula is C15H20N2O2S2. The molecule has 0 fully saturated rings. The first-order valence-corrected chi connectivity index (χ1v) is 9.13. The summed E-state index contributed by atoms with van der Waals surface area (Å²) in [5.74, 6) is 0. The van der Waals surface area contributed by atoms with Crippen molar-refractivity contribution in [2.24, 2.45) is 0 Å². The van der Waals surface area contributed by atoms with Crippen LogP contribution in [0.2, 0.25) is 0 Å². The van der Waals surface area contributed by atoms with Crippen LogP contribution < -0.4 is 10.0 Å². The van der Waals surface area contributed by atoms with Gasteiger partial charge in [-0.2, -0.15) is 0 Å². The highest BCUT2D eigenvalue weighted by atomic mass is 32.2. The molecule has 0 atom stereocenters. The fraction of sp³-hybridized carbons (Fsp3) is 0.333. The fourth-order valence-electron chi connectivity index (χ4n) is 1.74. The van der Waals surface area contributed by atoms with Gasteiger partial charge < -0.3 is 5.32 Å². The third-order valence-electron chi connectivity index (χ3n) is 2.91. The van der Waals surface area contributed by atoms with Crippen molar-refractivity contribution in [3.05, 3.63) is 46.8 Å². The summed E-state index contributed by atoms with van der Waals surface area (Å²) in [7, 11) is -3.50. The summed E-state index contributed by atoms with van der Waals surface area (Å²) < 4.78 is 27.6. The van der Waals surface area contributed by atoms with Crippen molar-refractivity contribution in [2.75, 3.05) is 4.72 Å². The maximum absolute atomic E-state index is 12.3. The summed E-state index contributed by atoms with van der Waals surface area (Å²) in [4.78, 5) is 0. The Hall–Kier alpha value is -1.37. The van der Waals surface area contributed by atoms with Crippen LogP contribution in [0, 0.1) is 6.92 Å². The summed E-state index contributed by atoms with van der Waals surface area (Å²) >= 11 is 1.24. The molecule has 1 heterocycles. The van der Waals surface area contributed by atoms with Crippen LogP contribution in [0.1, 0.15) is 25.0 Å². The average Bonchev–Trinajstić information content (AvgIpc) is 2.88.